The molecule has 0 saturated heterocycles. The van der Waals surface area contributed by atoms with Crippen molar-refractivity contribution in [1.29, 1.82) is 0 Å². The highest BCUT2D eigenvalue weighted by Crippen LogP contribution is 2.28. The Morgan fingerprint density at radius 2 is 2.00 bits per heavy atom. The molecule has 1 aromatic heterocycles. The highest BCUT2D eigenvalue weighted by molar-refractivity contribution is 6.36. The monoisotopic (exact) mass is 419 g/mol. The lowest BCUT2D eigenvalue weighted by Gasteiger charge is -2.08. The number of hydrogen-bond donors (Lipinski definition) is 2. The van der Waals surface area contributed by atoms with Crippen molar-refractivity contribution in [2.45, 2.75) is 26.3 Å². The summed E-state index contributed by atoms with van der Waals surface area (Å²) in [6, 6.07) is 12.3. The van der Waals surface area contributed by atoms with Gasteiger partial charge in [0.1, 0.15) is 11.6 Å². The molecule has 0 aliphatic carbocycles. The second-order valence-electron chi connectivity index (χ2n) is 7.22. The van der Waals surface area contributed by atoms with Gasteiger partial charge >= 0.3 is 11.9 Å². The van der Waals surface area contributed by atoms with Crippen LogP contribution in [0.1, 0.15) is 31.2 Å². The van der Waals surface area contributed by atoms with Gasteiger partial charge in [0.2, 0.25) is 0 Å². The third-order valence-corrected chi connectivity index (χ3v) is 4.99. The van der Waals surface area contributed by atoms with Gasteiger partial charge in [0.25, 0.3) is 5.56 Å². The molecule has 8 heteroatoms. The Morgan fingerprint density at radius 1 is 1.23 bits per heavy atom. The SMILES string of the molecule is CCCOc1ccc(/C=C2\CCn3c2nc2cc(NC(=O)C(=O)O)ccc2c3=O)cc1. The van der Waals surface area contributed by atoms with Crippen molar-refractivity contribution in [2.75, 3.05) is 11.9 Å². The molecule has 2 aromatic carbocycles. The van der Waals surface area contributed by atoms with E-state index in [1.165, 1.54) is 12.1 Å². The standard InChI is InChI=1S/C23H21N3O5/c1-2-11-31-17-6-3-14(4-7-17)12-15-9-10-26-20(15)25-19-13-16(24-21(27)23(29)30)5-8-18(19)22(26)28/h3-8,12-13H,2,9-11H2,1H3,(H,24,27)(H,29,30)/b15-12+. The van der Waals surface area contributed by atoms with Gasteiger partial charge in [-0.15, -0.1) is 0 Å². The van der Waals surface area contributed by atoms with E-state index in [1.807, 2.05) is 30.3 Å². The molecule has 0 saturated carbocycles. The summed E-state index contributed by atoms with van der Waals surface area (Å²) in [6.45, 7) is 3.26. The normalized spacial score (nSPS) is 13.9. The molecule has 0 spiro atoms. The van der Waals surface area contributed by atoms with Crippen molar-refractivity contribution < 1.29 is 19.4 Å². The Bertz CT molecular complexity index is 1260. The number of fused-ring (bicyclic) bond motifs is 2. The molecule has 0 atom stereocenters. The minimum absolute atomic E-state index is 0.164. The second kappa shape index (κ2) is 8.43. The quantitative estimate of drug-likeness (QED) is 0.615. The van der Waals surface area contributed by atoms with Gasteiger partial charge in [0.15, 0.2) is 0 Å². The summed E-state index contributed by atoms with van der Waals surface area (Å²) in [6.07, 6.45) is 3.62. The van der Waals surface area contributed by atoms with Crippen molar-refractivity contribution in [3.63, 3.8) is 0 Å². The molecule has 1 aliphatic heterocycles. The maximum atomic E-state index is 12.9. The Balaban J connectivity index is 1.68. The molecule has 2 heterocycles. The number of aromatic nitrogens is 2. The van der Waals surface area contributed by atoms with Crippen LogP contribution < -0.4 is 15.6 Å². The molecule has 31 heavy (non-hydrogen) atoms. The average molecular weight is 419 g/mol. The van der Waals surface area contributed by atoms with Crippen molar-refractivity contribution in [2.24, 2.45) is 0 Å². The highest BCUT2D eigenvalue weighted by Gasteiger charge is 2.21. The fourth-order valence-electron chi connectivity index (χ4n) is 3.50. The molecule has 8 nitrogen and oxygen atoms in total. The fourth-order valence-corrected chi connectivity index (χ4v) is 3.50. The molecule has 0 bridgehead atoms. The molecule has 158 valence electrons. The molecule has 0 fully saturated rings. The molecule has 0 radical (unpaired) electrons. The number of anilines is 1. The van der Waals surface area contributed by atoms with Gasteiger partial charge in [-0.05, 0) is 60.4 Å². The predicted molar refractivity (Wildman–Crippen MR) is 117 cm³/mol. The summed E-state index contributed by atoms with van der Waals surface area (Å²) in [5.74, 6) is -1.35. The van der Waals surface area contributed by atoms with Gasteiger partial charge in [0.05, 0.1) is 17.5 Å². The average Bonchev–Trinajstić information content (AvgIpc) is 3.16. The van der Waals surface area contributed by atoms with Crippen molar-refractivity contribution in [3.8, 4) is 5.75 Å². The first-order valence-electron chi connectivity index (χ1n) is 9.99. The number of aliphatic carboxylic acids is 1. The van der Waals surface area contributed by atoms with E-state index in [0.717, 1.165) is 23.3 Å². The van der Waals surface area contributed by atoms with E-state index in [9.17, 15) is 14.4 Å². The Morgan fingerprint density at radius 3 is 2.71 bits per heavy atom. The van der Waals surface area contributed by atoms with E-state index in [0.29, 0.717) is 36.3 Å². The minimum Gasteiger partial charge on any atom is -0.494 e. The Kier molecular flexibility index (Phi) is 5.53. The smallest absolute Gasteiger partial charge is 0.394 e. The van der Waals surface area contributed by atoms with Crippen LogP contribution in [0.4, 0.5) is 5.69 Å². The van der Waals surface area contributed by atoms with Gasteiger partial charge < -0.3 is 15.2 Å². The maximum absolute atomic E-state index is 12.9. The number of amides is 1. The first kappa shape index (κ1) is 20.3. The number of carbonyl (C=O) groups excluding carboxylic acids is 1. The lowest BCUT2D eigenvalue weighted by Crippen LogP contribution is -2.23. The second-order valence-corrected chi connectivity index (χ2v) is 7.22. The van der Waals surface area contributed by atoms with Crippen molar-refractivity contribution >= 4 is 40.1 Å². The van der Waals surface area contributed by atoms with Gasteiger partial charge in [-0.1, -0.05) is 19.1 Å². The van der Waals surface area contributed by atoms with Crippen LogP contribution in [0.5, 0.6) is 5.75 Å². The lowest BCUT2D eigenvalue weighted by molar-refractivity contribution is -0.147. The molecule has 3 aromatic rings. The van der Waals surface area contributed by atoms with E-state index in [2.05, 4.69) is 17.2 Å². The van der Waals surface area contributed by atoms with Crippen LogP contribution in [0.25, 0.3) is 22.6 Å². The number of hydrogen-bond acceptors (Lipinski definition) is 5. The summed E-state index contributed by atoms with van der Waals surface area (Å²) in [4.78, 5) is 39.7. The number of carbonyl (C=O) groups is 2. The van der Waals surface area contributed by atoms with Crippen LogP contribution in [0.3, 0.4) is 0 Å². The van der Waals surface area contributed by atoms with Crippen LogP contribution in [-0.4, -0.2) is 33.1 Å². The van der Waals surface area contributed by atoms with Gasteiger partial charge in [-0.2, -0.15) is 0 Å². The molecular formula is C23H21N3O5. The zero-order valence-electron chi connectivity index (χ0n) is 16.9. The molecule has 4 rings (SSSR count). The molecule has 2 N–H and O–H groups in total. The molecule has 0 unspecified atom stereocenters. The maximum Gasteiger partial charge on any atom is 0.394 e. The number of carboxylic acid groups (broad SMARTS) is 1. The van der Waals surface area contributed by atoms with Gasteiger partial charge in [0, 0.05) is 12.2 Å². The van der Waals surface area contributed by atoms with E-state index < -0.39 is 11.9 Å². The number of carboxylic acids is 1. The molecule has 1 amide bonds. The van der Waals surface area contributed by atoms with Gasteiger partial charge in [-0.3, -0.25) is 14.2 Å². The van der Waals surface area contributed by atoms with E-state index >= 15 is 0 Å². The number of benzene rings is 2. The van der Waals surface area contributed by atoms with E-state index in [1.54, 1.807) is 10.6 Å². The topological polar surface area (TPSA) is 111 Å². The van der Waals surface area contributed by atoms with Crippen molar-refractivity contribution in [1.82, 2.24) is 9.55 Å². The van der Waals surface area contributed by atoms with Gasteiger partial charge in [-0.25, -0.2) is 9.78 Å². The van der Waals surface area contributed by atoms with Crippen LogP contribution in [0, 0.1) is 0 Å². The third kappa shape index (κ3) is 4.18. The third-order valence-electron chi connectivity index (χ3n) is 4.99. The number of ether oxygens (including phenoxy) is 1. The number of nitrogens with zero attached hydrogens (tertiary/aromatic N) is 2. The first-order chi connectivity index (χ1) is 15.0. The van der Waals surface area contributed by atoms with Crippen LogP contribution in [0.2, 0.25) is 0 Å². The zero-order valence-corrected chi connectivity index (χ0v) is 16.9. The van der Waals surface area contributed by atoms with Crippen LogP contribution in [0.15, 0.2) is 47.3 Å². The fraction of sp³-hybridized carbons (Fsp3) is 0.217. The zero-order chi connectivity index (χ0) is 22.0. The van der Waals surface area contributed by atoms with Crippen LogP contribution in [-0.2, 0) is 16.1 Å². The predicted octanol–water partition coefficient (Wildman–Crippen LogP) is 3.15. The molecule has 1 aliphatic rings. The lowest BCUT2D eigenvalue weighted by atomic mass is 10.1. The summed E-state index contributed by atoms with van der Waals surface area (Å²) < 4.78 is 7.25. The summed E-state index contributed by atoms with van der Waals surface area (Å²) >= 11 is 0. The molecular weight excluding hydrogens is 398 g/mol. The summed E-state index contributed by atoms with van der Waals surface area (Å²) in [5.41, 5.74) is 2.41. The number of allylic oxidation sites excluding steroid dienone is 1. The van der Waals surface area contributed by atoms with Crippen LogP contribution >= 0.6 is 0 Å². The minimum atomic E-state index is -1.58. The largest absolute Gasteiger partial charge is 0.494 e. The summed E-state index contributed by atoms with van der Waals surface area (Å²) in [7, 11) is 0. The highest BCUT2D eigenvalue weighted by atomic mass is 16.5. The number of nitrogens with one attached hydrogen (secondary N) is 1. The Hall–Kier alpha value is -3.94. The van der Waals surface area contributed by atoms with E-state index in [-0.39, 0.29) is 11.2 Å². The Labute approximate surface area is 177 Å². The number of rotatable bonds is 5. The van der Waals surface area contributed by atoms with E-state index in [4.69, 9.17) is 9.84 Å². The van der Waals surface area contributed by atoms with Crippen molar-refractivity contribution in [3.05, 3.63) is 64.2 Å². The summed E-state index contributed by atoms with van der Waals surface area (Å²) in [5, 5.41) is 11.5. The first-order valence-corrected chi connectivity index (χ1v) is 9.99.